The van der Waals surface area contributed by atoms with Gasteiger partial charge in [0.25, 0.3) is 11.8 Å². The van der Waals surface area contributed by atoms with Gasteiger partial charge in [-0.1, -0.05) is 29.8 Å². The van der Waals surface area contributed by atoms with Crippen molar-refractivity contribution in [1.29, 1.82) is 0 Å². The van der Waals surface area contributed by atoms with Crippen molar-refractivity contribution < 1.29 is 14.4 Å². The van der Waals surface area contributed by atoms with Gasteiger partial charge in [-0.2, -0.15) is 0 Å². The minimum absolute atomic E-state index is 0.0171. The Kier molecular flexibility index (Phi) is 6.08. The van der Waals surface area contributed by atoms with Gasteiger partial charge in [0, 0.05) is 48.6 Å². The molecule has 2 aromatic rings. The minimum atomic E-state index is -0.211. The van der Waals surface area contributed by atoms with Gasteiger partial charge in [0.1, 0.15) is 0 Å². The van der Waals surface area contributed by atoms with E-state index in [1.807, 2.05) is 40.1 Å². The first-order valence-electron chi connectivity index (χ1n) is 11.2. The summed E-state index contributed by atoms with van der Waals surface area (Å²) in [6, 6.07) is 11.3. The van der Waals surface area contributed by atoms with Gasteiger partial charge in [-0.25, -0.2) is 0 Å². The molecule has 0 unspecified atom stereocenters. The van der Waals surface area contributed by atoms with Crippen molar-refractivity contribution in [1.82, 2.24) is 10.2 Å². The summed E-state index contributed by atoms with van der Waals surface area (Å²) >= 11 is 7.19. The number of carbonyl (C=O) groups is 3. The Bertz CT molecular complexity index is 1200. The highest BCUT2D eigenvalue weighted by molar-refractivity contribution is 7.18. The second-order valence-electron chi connectivity index (χ2n) is 8.51. The quantitative estimate of drug-likeness (QED) is 0.675. The summed E-state index contributed by atoms with van der Waals surface area (Å²) in [6.45, 7) is 1.66. The van der Waals surface area contributed by atoms with E-state index in [9.17, 15) is 14.4 Å². The van der Waals surface area contributed by atoms with Crippen molar-refractivity contribution >= 4 is 46.3 Å². The normalized spacial score (nSPS) is 18.5. The number of amides is 3. The van der Waals surface area contributed by atoms with Gasteiger partial charge in [-0.15, -0.1) is 11.3 Å². The number of carbonyl (C=O) groups excluding carboxylic acids is 3. The molecule has 0 bridgehead atoms. The van der Waals surface area contributed by atoms with E-state index in [0.717, 1.165) is 41.8 Å². The Morgan fingerprint density at radius 1 is 1.09 bits per heavy atom. The number of halogens is 1. The van der Waals surface area contributed by atoms with Gasteiger partial charge in [-0.3, -0.25) is 14.4 Å². The molecule has 1 fully saturated rings. The maximum Gasteiger partial charge on any atom is 0.265 e. The lowest BCUT2D eigenvalue weighted by molar-refractivity contribution is -0.126. The molecule has 6 nitrogen and oxygen atoms in total. The highest BCUT2D eigenvalue weighted by Gasteiger charge is 2.34. The monoisotopic (exact) mass is 481 g/mol. The van der Waals surface area contributed by atoms with E-state index in [2.05, 4.69) is 5.32 Å². The van der Waals surface area contributed by atoms with E-state index >= 15 is 0 Å². The van der Waals surface area contributed by atoms with Crippen LogP contribution in [0, 0.1) is 0 Å². The Labute approximate surface area is 201 Å². The fraction of sp³-hybridized carbons (Fsp3) is 0.320. The van der Waals surface area contributed by atoms with Crippen molar-refractivity contribution in [2.24, 2.45) is 0 Å². The van der Waals surface area contributed by atoms with Crippen LogP contribution in [-0.4, -0.2) is 35.7 Å². The molecule has 0 atom stereocenters. The molecule has 5 rings (SSSR count). The van der Waals surface area contributed by atoms with E-state index in [0.29, 0.717) is 47.3 Å². The van der Waals surface area contributed by atoms with E-state index in [4.69, 9.17) is 11.6 Å². The van der Waals surface area contributed by atoms with E-state index < -0.39 is 0 Å². The molecule has 170 valence electrons. The van der Waals surface area contributed by atoms with Crippen LogP contribution in [0.4, 0.5) is 5.69 Å². The zero-order chi connectivity index (χ0) is 22.9. The SMILES string of the molecule is O=C(NC1=CCCC2=C1CN(Cc1cccc(N3CCCCC3=O)c1)C2=O)c1ccc(Cl)s1. The molecule has 2 aliphatic heterocycles. The van der Waals surface area contributed by atoms with Crippen molar-refractivity contribution in [2.75, 3.05) is 18.0 Å². The lowest BCUT2D eigenvalue weighted by atomic mass is 9.97. The molecule has 3 amide bonds. The smallest absolute Gasteiger partial charge is 0.265 e. The predicted octanol–water partition coefficient (Wildman–Crippen LogP) is 4.66. The number of piperidine rings is 1. The molecule has 0 saturated carbocycles. The highest BCUT2D eigenvalue weighted by Crippen LogP contribution is 2.33. The second kappa shape index (κ2) is 9.15. The molecular weight excluding hydrogens is 458 g/mol. The number of nitrogens with zero attached hydrogens (tertiary/aromatic N) is 2. The van der Waals surface area contributed by atoms with Crippen LogP contribution in [0.1, 0.15) is 47.3 Å². The first kappa shape index (κ1) is 21.9. The molecule has 1 saturated heterocycles. The van der Waals surface area contributed by atoms with Crippen LogP contribution < -0.4 is 10.2 Å². The first-order valence-corrected chi connectivity index (χ1v) is 12.4. The highest BCUT2D eigenvalue weighted by atomic mass is 35.5. The fourth-order valence-corrected chi connectivity index (χ4v) is 5.60. The number of allylic oxidation sites excluding steroid dienone is 1. The minimum Gasteiger partial charge on any atom is -0.330 e. The summed E-state index contributed by atoms with van der Waals surface area (Å²) < 4.78 is 0.563. The largest absolute Gasteiger partial charge is 0.330 e. The van der Waals surface area contributed by atoms with Gasteiger partial charge in [0.15, 0.2) is 0 Å². The fourth-order valence-electron chi connectivity index (χ4n) is 4.66. The van der Waals surface area contributed by atoms with Crippen LogP contribution in [0.5, 0.6) is 0 Å². The lowest BCUT2D eigenvalue weighted by Crippen LogP contribution is -2.35. The number of benzene rings is 1. The van der Waals surface area contributed by atoms with E-state index in [1.54, 1.807) is 12.1 Å². The molecule has 1 aromatic heterocycles. The van der Waals surface area contributed by atoms with E-state index in [1.165, 1.54) is 11.3 Å². The zero-order valence-electron chi connectivity index (χ0n) is 18.1. The number of nitrogens with one attached hydrogen (secondary N) is 1. The Morgan fingerprint density at radius 2 is 1.97 bits per heavy atom. The Morgan fingerprint density at radius 3 is 2.76 bits per heavy atom. The van der Waals surface area contributed by atoms with Gasteiger partial charge in [-0.05, 0) is 55.5 Å². The Balaban J connectivity index is 1.29. The van der Waals surface area contributed by atoms with Crippen molar-refractivity contribution in [2.45, 2.75) is 38.6 Å². The van der Waals surface area contributed by atoms with Crippen LogP contribution in [-0.2, 0) is 16.1 Å². The molecule has 3 aliphatic rings. The summed E-state index contributed by atoms with van der Waals surface area (Å²) in [6.07, 6.45) is 5.93. The maximum absolute atomic E-state index is 13.1. The average molecular weight is 482 g/mol. The van der Waals surface area contributed by atoms with Crippen molar-refractivity contribution in [3.05, 3.63) is 74.1 Å². The molecule has 1 N–H and O–H groups in total. The number of thiophene rings is 1. The topological polar surface area (TPSA) is 69.7 Å². The van der Waals surface area contributed by atoms with Crippen LogP contribution in [0.3, 0.4) is 0 Å². The molecule has 1 aromatic carbocycles. The molecule has 8 heteroatoms. The maximum atomic E-state index is 13.1. The summed E-state index contributed by atoms with van der Waals surface area (Å²) in [4.78, 5) is 42.3. The van der Waals surface area contributed by atoms with Crippen LogP contribution >= 0.6 is 22.9 Å². The second-order valence-corrected chi connectivity index (χ2v) is 10.2. The summed E-state index contributed by atoms with van der Waals surface area (Å²) in [5.41, 5.74) is 4.27. The summed E-state index contributed by atoms with van der Waals surface area (Å²) in [7, 11) is 0. The van der Waals surface area contributed by atoms with Gasteiger partial charge >= 0.3 is 0 Å². The van der Waals surface area contributed by atoms with Gasteiger partial charge < -0.3 is 15.1 Å². The average Bonchev–Trinajstić information content (AvgIpc) is 3.39. The van der Waals surface area contributed by atoms with Crippen LogP contribution in [0.2, 0.25) is 4.34 Å². The third-order valence-electron chi connectivity index (χ3n) is 6.29. The lowest BCUT2D eigenvalue weighted by Gasteiger charge is -2.27. The van der Waals surface area contributed by atoms with Crippen molar-refractivity contribution in [3.8, 4) is 0 Å². The van der Waals surface area contributed by atoms with Gasteiger partial charge in [0.05, 0.1) is 9.21 Å². The summed E-state index contributed by atoms with van der Waals surface area (Å²) in [5.74, 6) is -0.0366. The zero-order valence-corrected chi connectivity index (χ0v) is 19.7. The molecule has 3 heterocycles. The number of hydrogen-bond donors (Lipinski definition) is 1. The molecule has 33 heavy (non-hydrogen) atoms. The third-order valence-corrected chi connectivity index (χ3v) is 7.52. The first-order chi connectivity index (χ1) is 16.0. The van der Waals surface area contributed by atoms with Gasteiger partial charge in [0.2, 0.25) is 5.91 Å². The predicted molar refractivity (Wildman–Crippen MR) is 129 cm³/mol. The molecule has 1 aliphatic carbocycles. The number of anilines is 1. The van der Waals surface area contributed by atoms with Crippen molar-refractivity contribution in [3.63, 3.8) is 0 Å². The molecule has 0 radical (unpaired) electrons. The molecule has 0 spiro atoms. The third kappa shape index (κ3) is 4.48. The summed E-state index contributed by atoms with van der Waals surface area (Å²) in [5, 5.41) is 2.97. The number of rotatable bonds is 5. The van der Waals surface area contributed by atoms with Crippen LogP contribution in [0.15, 0.2) is 59.3 Å². The van der Waals surface area contributed by atoms with E-state index in [-0.39, 0.29) is 17.7 Å². The number of hydrogen-bond acceptors (Lipinski definition) is 4. The van der Waals surface area contributed by atoms with Crippen LogP contribution in [0.25, 0.3) is 0 Å². The Hall–Kier alpha value is -2.90. The molecular formula is C25H24ClN3O3S. The standard InChI is InChI=1S/C25H24ClN3O3S/c26-22-11-10-21(33-22)24(31)27-20-8-4-7-18-19(20)15-28(25(18)32)14-16-5-3-6-17(13-16)29-12-2-1-9-23(29)30/h3,5-6,8,10-11,13H,1-2,4,7,9,12,14-15H2,(H,27,31).